The molecule has 2 aromatic rings. The lowest BCUT2D eigenvalue weighted by molar-refractivity contribution is 0.415. The van der Waals surface area contributed by atoms with Crippen molar-refractivity contribution < 1.29 is 4.74 Å². The first-order valence-corrected chi connectivity index (χ1v) is 7.34. The van der Waals surface area contributed by atoms with Crippen LogP contribution in [0.15, 0.2) is 48.5 Å². The molecule has 0 saturated carbocycles. The number of benzene rings is 2. The van der Waals surface area contributed by atoms with Crippen molar-refractivity contribution in [3.63, 3.8) is 0 Å². The Kier molecular flexibility index (Phi) is 5.17. The molecule has 2 rings (SSSR count). The number of methoxy groups -OCH3 is 1. The number of rotatable bonds is 4. The van der Waals surface area contributed by atoms with E-state index in [4.69, 9.17) is 17.0 Å². The van der Waals surface area contributed by atoms with Crippen LogP contribution in [0.5, 0.6) is 5.75 Å². The van der Waals surface area contributed by atoms with Crippen LogP contribution in [-0.2, 0) is 0 Å². The smallest absolute Gasteiger partial charge is 0.177 e. The summed E-state index contributed by atoms with van der Waals surface area (Å²) >= 11 is 5.55. The van der Waals surface area contributed by atoms with Gasteiger partial charge in [-0.1, -0.05) is 24.3 Å². The first-order chi connectivity index (χ1) is 10.2. The van der Waals surface area contributed by atoms with Crippen LogP contribution in [0.1, 0.15) is 12.5 Å². The summed E-state index contributed by atoms with van der Waals surface area (Å²) in [4.78, 5) is 2.09. The zero-order valence-corrected chi connectivity index (χ0v) is 13.4. The van der Waals surface area contributed by atoms with Gasteiger partial charge in [-0.15, -0.1) is 0 Å². The second kappa shape index (κ2) is 7.09. The minimum Gasteiger partial charge on any atom is -0.497 e. The molecule has 0 radical (unpaired) electrons. The van der Waals surface area contributed by atoms with E-state index >= 15 is 0 Å². The molecule has 0 aliphatic rings. The van der Waals surface area contributed by atoms with Crippen LogP contribution in [0.3, 0.4) is 0 Å². The van der Waals surface area contributed by atoms with Gasteiger partial charge in [-0.25, -0.2) is 0 Å². The van der Waals surface area contributed by atoms with Gasteiger partial charge < -0.3 is 15.0 Å². The number of hydrogen-bond acceptors (Lipinski definition) is 2. The zero-order valence-electron chi connectivity index (χ0n) is 12.6. The van der Waals surface area contributed by atoms with Crippen LogP contribution in [0, 0.1) is 6.92 Å². The maximum atomic E-state index is 5.55. The summed E-state index contributed by atoms with van der Waals surface area (Å²) in [7, 11) is 1.66. The molecule has 0 atom stereocenters. The molecule has 0 bridgehead atoms. The molecule has 0 aliphatic carbocycles. The molecule has 0 spiro atoms. The normalized spacial score (nSPS) is 10.0. The van der Waals surface area contributed by atoms with Gasteiger partial charge in [0, 0.05) is 24.0 Å². The average Bonchev–Trinajstić information content (AvgIpc) is 2.50. The molecule has 0 aliphatic heterocycles. The van der Waals surface area contributed by atoms with Crippen molar-refractivity contribution >= 4 is 28.7 Å². The Bertz CT molecular complexity index is 628. The van der Waals surface area contributed by atoms with Gasteiger partial charge in [-0.3, -0.25) is 0 Å². The molecule has 2 aromatic carbocycles. The van der Waals surface area contributed by atoms with Gasteiger partial charge in [0.1, 0.15) is 5.75 Å². The third-order valence-corrected chi connectivity index (χ3v) is 3.61. The highest BCUT2D eigenvalue weighted by Crippen LogP contribution is 2.22. The summed E-state index contributed by atoms with van der Waals surface area (Å²) in [6, 6.07) is 16.0. The van der Waals surface area contributed by atoms with Crippen molar-refractivity contribution in [1.82, 2.24) is 0 Å². The maximum Gasteiger partial charge on any atom is 0.177 e. The lowest BCUT2D eigenvalue weighted by Gasteiger charge is -2.26. The fourth-order valence-corrected chi connectivity index (χ4v) is 2.53. The monoisotopic (exact) mass is 300 g/mol. The van der Waals surface area contributed by atoms with E-state index in [0.29, 0.717) is 5.11 Å². The van der Waals surface area contributed by atoms with Gasteiger partial charge in [-0.2, -0.15) is 0 Å². The molecule has 0 aromatic heterocycles. The number of hydrogen-bond donors (Lipinski definition) is 1. The van der Waals surface area contributed by atoms with Crippen molar-refractivity contribution in [3.05, 3.63) is 54.1 Å². The number of thiocarbonyl (C=S) groups is 1. The predicted octanol–water partition coefficient (Wildman–Crippen LogP) is 4.23. The van der Waals surface area contributed by atoms with Gasteiger partial charge >= 0.3 is 0 Å². The lowest BCUT2D eigenvalue weighted by atomic mass is 10.2. The molecule has 4 heteroatoms. The fraction of sp³-hybridized carbons (Fsp3) is 0.235. The van der Waals surface area contributed by atoms with E-state index in [1.807, 2.05) is 36.4 Å². The molecule has 21 heavy (non-hydrogen) atoms. The van der Waals surface area contributed by atoms with Crippen molar-refractivity contribution in [2.45, 2.75) is 13.8 Å². The second-order valence-corrected chi connectivity index (χ2v) is 5.08. The molecule has 0 amide bonds. The van der Waals surface area contributed by atoms with E-state index in [1.54, 1.807) is 7.11 Å². The number of aryl methyl sites for hydroxylation is 1. The Morgan fingerprint density at radius 2 is 1.95 bits per heavy atom. The number of nitrogens with one attached hydrogen (secondary N) is 1. The van der Waals surface area contributed by atoms with Crippen LogP contribution >= 0.6 is 12.2 Å². The topological polar surface area (TPSA) is 24.5 Å². The number of nitrogens with zero attached hydrogens (tertiary/aromatic N) is 1. The molecule has 0 unspecified atom stereocenters. The summed E-state index contributed by atoms with van der Waals surface area (Å²) < 4.78 is 5.23. The van der Waals surface area contributed by atoms with E-state index in [1.165, 1.54) is 5.56 Å². The molecular formula is C17H20N2OS. The third-order valence-electron chi connectivity index (χ3n) is 3.29. The van der Waals surface area contributed by atoms with E-state index < -0.39 is 0 Å². The SMILES string of the molecule is CCN(C(=S)Nc1cccc(OC)c1)c1ccccc1C. The Labute approximate surface area is 131 Å². The number of ether oxygens (including phenoxy) is 1. The molecule has 110 valence electrons. The van der Waals surface area contributed by atoms with Crippen molar-refractivity contribution in [1.29, 1.82) is 0 Å². The van der Waals surface area contributed by atoms with E-state index in [0.717, 1.165) is 23.7 Å². The van der Waals surface area contributed by atoms with Gasteiger partial charge in [-0.05, 0) is 49.8 Å². The molecule has 0 fully saturated rings. The van der Waals surface area contributed by atoms with E-state index in [-0.39, 0.29) is 0 Å². The first-order valence-electron chi connectivity index (χ1n) is 6.94. The summed E-state index contributed by atoms with van der Waals surface area (Å²) in [6.07, 6.45) is 0. The highest BCUT2D eigenvalue weighted by atomic mass is 32.1. The van der Waals surface area contributed by atoms with Crippen LogP contribution in [0.4, 0.5) is 11.4 Å². The fourth-order valence-electron chi connectivity index (χ4n) is 2.18. The summed E-state index contributed by atoms with van der Waals surface area (Å²) in [6.45, 7) is 4.98. The Morgan fingerprint density at radius 1 is 1.19 bits per heavy atom. The molecule has 3 nitrogen and oxygen atoms in total. The molecule has 0 saturated heterocycles. The van der Waals surface area contributed by atoms with Crippen LogP contribution < -0.4 is 15.0 Å². The quantitative estimate of drug-likeness (QED) is 0.854. The molecule has 0 heterocycles. The standard InChI is InChI=1S/C17H20N2OS/c1-4-19(16-11-6-5-8-13(16)2)17(21)18-14-9-7-10-15(12-14)20-3/h5-12H,4H2,1-3H3,(H,18,21). The van der Waals surface area contributed by atoms with Crippen LogP contribution in [0.25, 0.3) is 0 Å². The van der Waals surface area contributed by atoms with Gasteiger partial charge in [0.15, 0.2) is 5.11 Å². The second-order valence-electron chi connectivity index (χ2n) is 4.69. The Hall–Kier alpha value is -2.07. The van der Waals surface area contributed by atoms with Gasteiger partial charge in [0.2, 0.25) is 0 Å². The van der Waals surface area contributed by atoms with E-state index in [9.17, 15) is 0 Å². The summed E-state index contributed by atoms with van der Waals surface area (Å²) in [5.41, 5.74) is 3.25. The minimum atomic E-state index is 0.681. The highest BCUT2D eigenvalue weighted by molar-refractivity contribution is 7.80. The predicted molar refractivity (Wildman–Crippen MR) is 93.4 cm³/mol. The number of para-hydroxylation sites is 1. The van der Waals surface area contributed by atoms with Crippen LogP contribution in [0.2, 0.25) is 0 Å². The average molecular weight is 300 g/mol. The van der Waals surface area contributed by atoms with Crippen LogP contribution in [-0.4, -0.2) is 18.8 Å². The van der Waals surface area contributed by atoms with Gasteiger partial charge in [0.25, 0.3) is 0 Å². The Morgan fingerprint density at radius 3 is 2.62 bits per heavy atom. The van der Waals surface area contributed by atoms with Crippen molar-refractivity contribution in [3.8, 4) is 5.75 Å². The number of anilines is 2. The van der Waals surface area contributed by atoms with Crippen molar-refractivity contribution in [2.75, 3.05) is 23.9 Å². The largest absolute Gasteiger partial charge is 0.497 e. The first kappa shape index (κ1) is 15.3. The lowest BCUT2D eigenvalue weighted by Crippen LogP contribution is -2.35. The maximum absolute atomic E-state index is 5.55. The summed E-state index contributed by atoms with van der Waals surface area (Å²) in [5, 5.41) is 3.95. The highest BCUT2D eigenvalue weighted by Gasteiger charge is 2.12. The summed E-state index contributed by atoms with van der Waals surface area (Å²) in [5.74, 6) is 0.807. The molecular weight excluding hydrogens is 280 g/mol. The van der Waals surface area contributed by atoms with Crippen molar-refractivity contribution in [2.24, 2.45) is 0 Å². The minimum absolute atomic E-state index is 0.681. The van der Waals surface area contributed by atoms with E-state index in [2.05, 4.69) is 36.2 Å². The molecule has 1 N–H and O–H groups in total. The van der Waals surface area contributed by atoms with Gasteiger partial charge in [0.05, 0.1) is 7.11 Å². The Balaban J connectivity index is 2.19. The third kappa shape index (κ3) is 3.73. The zero-order chi connectivity index (χ0) is 15.2.